The average molecular weight is 322 g/mol. The van der Waals surface area contributed by atoms with Gasteiger partial charge in [0.05, 0.1) is 10.0 Å². The average Bonchev–Trinajstić information content (AvgIpc) is 2.33. The molecule has 0 amide bonds. The van der Waals surface area contributed by atoms with Crippen LogP contribution in [0.1, 0.15) is 5.56 Å². The van der Waals surface area contributed by atoms with E-state index < -0.39 is 11.8 Å². The number of rotatable bonds is 4. The van der Waals surface area contributed by atoms with Gasteiger partial charge in [-0.2, -0.15) is 0 Å². The van der Waals surface area contributed by atoms with Gasteiger partial charge in [-0.05, 0) is 24.3 Å². The summed E-state index contributed by atoms with van der Waals surface area (Å²) in [4.78, 5) is 21.0. The Morgan fingerprint density at radius 1 is 1.11 bits per heavy atom. The molecule has 0 saturated carbocycles. The van der Waals surface area contributed by atoms with Gasteiger partial charge in [-0.15, -0.1) is 0 Å². The van der Waals surface area contributed by atoms with E-state index in [0.717, 1.165) is 18.2 Å². The van der Waals surface area contributed by atoms with Gasteiger partial charge in [0.25, 0.3) is 5.78 Å². The Morgan fingerprint density at radius 2 is 1.74 bits per heavy atom. The maximum atomic E-state index is 10.8. The van der Waals surface area contributed by atoms with Gasteiger partial charge < -0.3 is 10.2 Å². The first kappa shape index (κ1) is 15.6. The largest absolute Gasteiger partial charge is 0.507 e. The minimum absolute atomic E-state index is 0.0952. The molecule has 0 unspecified atom stereocenters. The lowest BCUT2D eigenvalue weighted by Crippen LogP contribution is -2.08. The Labute approximate surface area is 123 Å². The predicted octanol–water partition coefficient (Wildman–Crippen LogP) is 3.76. The van der Waals surface area contributed by atoms with Crippen LogP contribution in [0.5, 0.6) is 0 Å². The number of hydrogen-bond acceptors (Lipinski definition) is 3. The van der Waals surface area contributed by atoms with Crippen molar-refractivity contribution in [2.24, 2.45) is 0 Å². The van der Waals surface area contributed by atoms with Crippen molar-refractivity contribution in [3.05, 3.63) is 51.0 Å². The number of allylic oxidation sites excluding steroid dienone is 2. The number of benzene rings is 1. The van der Waals surface area contributed by atoms with Crippen LogP contribution in [0.2, 0.25) is 15.1 Å². The summed E-state index contributed by atoms with van der Waals surface area (Å²) < 4.78 is 0. The van der Waals surface area contributed by atoms with E-state index in [2.05, 4.69) is 0 Å². The van der Waals surface area contributed by atoms with Crippen LogP contribution in [-0.2, 0) is 9.59 Å². The lowest BCUT2D eigenvalue weighted by atomic mass is 10.1. The van der Waals surface area contributed by atoms with E-state index in [4.69, 9.17) is 39.9 Å². The summed E-state index contributed by atoms with van der Waals surface area (Å²) in [5.74, 6) is -3.00. The number of ketones is 1. The van der Waals surface area contributed by atoms with Gasteiger partial charge in [0.1, 0.15) is 5.76 Å². The van der Waals surface area contributed by atoms with Crippen molar-refractivity contribution < 1.29 is 19.8 Å². The monoisotopic (exact) mass is 320 g/mol. The highest BCUT2D eigenvalue weighted by Crippen LogP contribution is 2.32. The molecule has 19 heavy (non-hydrogen) atoms. The third kappa shape index (κ3) is 4.28. The third-order valence-corrected chi connectivity index (χ3v) is 3.00. The van der Waals surface area contributed by atoms with E-state index in [9.17, 15) is 14.7 Å². The van der Waals surface area contributed by atoms with Crippen molar-refractivity contribution in [3.8, 4) is 0 Å². The fraction of sp³-hybridized carbons (Fsp3) is 0. The number of hydrogen-bond donors (Lipinski definition) is 2. The van der Waals surface area contributed by atoms with Gasteiger partial charge >= 0.3 is 5.97 Å². The van der Waals surface area contributed by atoms with Crippen LogP contribution in [0.25, 0.3) is 5.76 Å². The Morgan fingerprint density at radius 3 is 2.32 bits per heavy atom. The summed E-state index contributed by atoms with van der Waals surface area (Å²) in [6.07, 6.45) is 2.98. The van der Waals surface area contributed by atoms with Crippen LogP contribution in [0.3, 0.4) is 0 Å². The zero-order valence-electron chi connectivity index (χ0n) is 9.23. The number of aliphatic hydroxyl groups excluding tert-OH is 1. The number of aliphatic hydroxyl groups is 1. The van der Waals surface area contributed by atoms with Crippen LogP contribution in [0, 0.1) is 0 Å². The molecule has 0 spiro atoms. The van der Waals surface area contributed by atoms with Gasteiger partial charge in [0.2, 0.25) is 0 Å². The molecule has 0 atom stereocenters. The quantitative estimate of drug-likeness (QED) is 0.291. The second kappa shape index (κ2) is 6.61. The van der Waals surface area contributed by atoms with Gasteiger partial charge in [-0.3, -0.25) is 4.79 Å². The molecular weight excluding hydrogens is 314 g/mol. The smallest absolute Gasteiger partial charge is 0.376 e. The molecule has 0 saturated heterocycles. The van der Waals surface area contributed by atoms with Crippen molar-refractivity contribution in [1.29, 1.82) is 0 Å². The first-order valence-electron chi connectivity index (χ1n) is 4.82. The number of carboxylic acids is 1. The van der Waals surface area contributed by atoms with Crippen molar-refractivity contribution in [2.45, 2.75) is 0 Å². The van der Waals surface area contributed by atoms with Gasteiger partial charge in [-0.25, -0.2) is 4.79 Å². The first-order chi connectivity index (χ1) is 8.82. The molecule has 0 aliphatic rings. The number of carbonyl (C=O) groups excluding carboxylic acids is 1. The maximum Gasteiger partial charge on any atom is 0.376 e. The summed E-state index contributed by atoms with van der Waals surface area (Å²) in [5, 5.41) is 18.6. The normalized spacial score (nSPS) is 11.8. The molecular formula is C12H7Cl3O4. The topological polar surface area (TPSA) is 74.6 Å². The molecule has 4 nitrogen and oxygen atoms in total. The number of aliphatic carboxylic acids is 1. The number of carbonyl (C=O) groups is 2. The van der Waals surface area contributed by atoms with Gasteiger partial charge in [0.15, 0.2) is 0 Å². The molecule has 100 valence electrons. The highest BCUT2D eigenvalue weighted by molar-refractivity contribution is 6.44. The fourth-order valence-electron chi connectivity index (χ4n) is 1.13. The summed E-state index contributed by atoms with van der Waals surface area (Å²) in [6.45, 7) is 0. The van der Waals surface area contributed by atoms with Gasteiger partial charge in [-0.1, -0.05) is 40.9 Å². The summed E-state index contributed by atoms with van der Waals surface area (Å²) in [6, 6.07) is 2.79. The maximum absolute atomic E-state index is 10.8. The lowest BCUT2D eigenvalue weighted by Gasteiger charge is -2.05. The molecule has 0 aliphatic carbocycles. The molecule has 1 aromatic rings. The Kier molecular flexibility index (Phi) is 5.42. The lowest BCUT2D eigenvalue weighted by molar-refractivity contribution is -0.146. The summed E-state index contributed by atoms with van der Waals surface area (Å²) >= 11 is 17.4. The molecule has 7 heteroatoms. The zero-order valence-corrected chi connectivity index (χ0v) is 11.5. The minimum atomic E-state index is -1.59. The van der Waals surface area contributed by atoms with Gasteiger partial charge in [0, 0.05) is 10.6 Å². The van der Waals surface area contributed by atoms with E-state index in [1.165, 1.54) is 12.1 Å². The predicted molar refractivity (Wildman–Crippen MR) is 73.9 cm³/mol. The van der Waals surface area contributed by atoms with Crippen LogP contribution in [-0.4, -0.2) is 22.0 Å². The van der Waals surface area contributed by atoms with Crippen LogP contribution < -0.4 is 0 Å². The molecule has 2 N–H and O–H groups in total. The van der Waals surface area contributed by atoms with E-state index in [1.54, 1.807) is 0 Å². The SMILES string of the molecule is O=C(O)C(=O)/C=C/C=C(\O)c1cc(Cl)cc(Cl)c1Cl. The molecule has 0 bridgehead atoms. The third-order valence-electron chi connectivity index (χ3n) is 1.98. The fourth-order valence-corrected chi connectivity index (χ4v) is 1.83. The van der Waals surface area contributed by atoms with E-state index in [0.29, 0.717) is 0 Å². The molecule has 0 heterocycles. The first-order valence-corrected chi connectivity index (χ1v) is 5.96. The van der Waals surface area contributed by atoms with Crippen molar-refractivity contribution >= 4 is 52.3 Å². The molecule has 0 fully saturated rings. The Hall–Kier alpha value is -1.49. The zero-order chi connectivity index (χ0) is 14.6. The molecule has 1 aromatic carbocycles. The van der Waals surface area contributed by atoms with Crippen LogP contribution in [0.15, 0.2) is 30.4 Å². The van der Waals surface area contributed by atoms with Crippen LogP contribution in [0.4, 0.5) is 0 Å². The van der Waals surface area contributed by atoms with Crippen molar-refractivity contribution in [3.63, 3.8) is 0 Å². The summed E-state index contributed by atoms with van der Waals surface area (Å²) in [7, 11) is 0. The number of carboxylic acid groups (broad SMARTS) is 1. The molecule has 0 aliphatic heterocycles. The highest BCUT2D eigenvalue weighted by Gasteiger charge is 2.10. The molecule has 1 rings (SSSR count). The van der Waals surface area contributed by atoms with E-state index >= 15 is 0 Å². The van der Waals surface area contributed by atoms with E-state index in [-0.39, 0.29) is 26.4 Å². The summed E-state index contributed by atoms with van der Waals surface area (Å²) in [5.41, 5.74) is 0.173. The second-order valence-corrected chi connectivity index (χ2v) is 4.55. The Balaban J connectivity index is 3.04. The Bertz CT molecular complexity index is 591. The highest BCUT2D eigenvalue weighted by atomic mass is 35.5. The van der Waals surface area contributed by atoms with Crippen molar-refractivity contribution in [1.82, 2.24) is 0 Å². The van der Waals surface area contributed by atoms with Crippen molar-refractivity contribution in [2.75, 3.05) is 0 Å². The number of halogens is 3. The molecule has 0 aromatic heterocycles. The van der Waals surface area contributed by atoms with E-state index in [1.807, 2.05) is 0 Å². The standard InChI is InChI=1S/C12H7Cl3O4/c13-6-4-7(11(15)8(14)5-6)9(16)2-1-3-10(17)12(18)19/h1-5,16H,(H,18,19)/b3-1+,9-2-. The molecule has 0 radical (unpaired) electrons. The van der Waals surface area contributed by atoms with Crippen LogP contribution >= 0.6 is 34.8 Å². The second-order valence-electron chi connectivity index (χ2n) is 3.33. The minimum Gasteiger partial charge on any atom is -0.507 e.